The van der Waals surface area contributed by atoms with Gasteiger partial charge in [-0.15, -0.1) is 0 Å². The van der Waals surface area contributed by atoms with Crippen LogP contribution in [-0.4, -0.2) is 71.3 Å². The fourth-order valence-corrected chi connectivity index (χ4v) is 5.32. The van der Waals surface area contributed by atoms with Gasteiger partial charge in [-0.1, -0.05) is 42.5 Å². The van der Waals surface area contributed by atoms with Crippen LogP contribution < -0.4 is 14.4 Å². The van der Waals surface area contributed by atoms with E-state index in [-0.39, 0.29) is 18.2 Å². The number of hydrogen-bond acceptors (Lipinski definition) is 6. The van der Waals surface area contributed by atoms with Crippen molar-refractivity contribution in [1.29, 1.82) is 0 Å². The minimum Gasteiger partial charge on any atom is -0.476 e. The van der Waals surface area contributed by atoms with Gasteiger partial charge < -0.3 is 14.8 Å². The molecule has 1 atom stereocenters. The quantitative estimate of drug-likeness (QED) is 0.690. The van der Waals surface area contributed by atoms with Crippen molar-refractivity contribution in [2.45, 2.75) is 11.9 Å². The predicted molar refractivity (Wildman–Crippen MR) is 118 cm³/mol. The molecule has 2 aliphatic heterocycles. The number of anilines is 1. The molecule has 8 nitrogen and oxygen atoms in total. The summed E-state index contributed by atoms with van der Waals surface area (Å²) in [5.74, 6) is -0.0746. The fraction of sp³-hybridized carbons (Fsp3) is 0.409. The van der Waals surface area contributed by atoms with Gasteiger partial charge >= 0.3 is 0 Å². The van der Waals surface area contributed by atoms with Crippen molar-refractivity contribution in [2.75, 3.05) is 50.2 Å². The van der Waals surface area contributed by atoms with Crippen LogP contribution in [0.25, 0.3) is 0 Å². The van der Waals surface area contributed by atoms with Crippen LogP contribution in [-0.2, 0) is 25.3 Å². The van der Waals surface area contributed by atoms with E-state index in [2.05, 4.69) is 10.2 Å². The van der Waals surface area contributed by atoms with Gasteiger partial charge in [0.25, 0.3) is 5.91 Å². The van der Waals surface area contributed by atoms with Gasteiger partial charge in [0, 0.05) is 26.2 Å². The molecule has 0 spiro atoms. The molecule has 1 fully saturated rings. The summed E-state index contributed by atoms with van der Waals surface area (Å²) in [5.41, 5.74) is 1.15. The van der Waals surface area contributed by atoms with Crippen LogP contribution in [0.1, 0.15) is 5.56 Å². The third kappa shape index (κ3) is 5.36. The third-order valence-electron chi connectivity index (χ3n) is 5.39. The topological polar surface area (TPSA) is 88.2 Å². The number of nitrogens with zero attached hydrogens (tertiary/aromatic N) is 2. The molecule has 31 heavy (non-hydrogen) atoms. The first kappa shape index (κ1) is 21.6. The third-order valence-corrected chi connectivity index (χ3v) is 7.10. The second-order valence-corrected chi connectivity index (χ2v) is 9.49. The fourth-order valence-electron chi connectivity index (χ4n) is 3.74. The van der Waals surface area contributed by atoms with E-state index in [9.17, 15) is 13.2 Å². The first-order valence-electron chi connectivity index (χ1n) is 10.4. The number of benzene rings is 2. The van der Waals surface area contributed by atoms with E-state index >= 15 is 0 Å². The van der Waals surface area contributed by atoms with Crippen molar-refractivity contribution in [1.82, 2.24) is 10.2 Å². The van der Waals surface area contributed by atoms with E-state index in [1.807, 2.05) is 18.2 Å². The van der Waals surface area contributed by atoms with Crippen LogP contribution in [0.2, 0.25) is 0 Å². The highest BCUT2D eigenvalue weighted by Crippen LogP contribution is 2.35. The summed E-state index contributed by atoms with van der Waals surface area (Å²) in [5, 5.41) is 2.88. The highest BCUT2D eigenvalue weighted by molar-refractivity contribution is 7.92. The Morgan fingerprint density at radius 2 is 1.74 bits per heavy atom. The highest BCUT2D eigenvalue weighted by Gasteiger charge is 2.36. The molecule has 0 saturated carbocycles. The zero-order valence-electron chi connectivity index (χ0n) is 17.3. The number of amides is 1. The molecular formula is C22H27N3O5S. The number of ether oxygens (including phenoxy) is 2. The smallest absolute Gasteiger partial charge is 0.263 e. The van der Waals surface area contributed by atoms with E-state index < -0.39 is 16.1 Å². The zero-order chi connectivity index (χ0) is 21.7. The van der Waals surface area contributed by atoms with Gasteiger partial charge in [0.05, 0.1) is 31.2 Å². The summed E-state index contributed by atoms with van der Waals surface area (Å²) in [6.45, 7) is 4.21. The van der Waals surface area contributed by atoms with E-state index in [4.69, 9.17) is 9.47 Å². The van der Waals surface area contributed by atoms with Gasteiger partial charge in [-0.2, -0.15) is 0 Å². The van der Waals surface area contributed by atoms with Crippen molar-refractivity contribution >= 4 is 21.6 Å². The monoisotopic (exact) mass is 445 g/mol. The van der Waals surface area contributed by atoms with E-state index in [1.54, 1.807) is 36.4 Å². The Bertz CT molecular complexity index is 993. The molecule has 1 N–H and O–H groups in total. The Morgan fingerprint density at radius 3 is 2.52 bits per heavy atom. The number of para-hydroxylation sites is 2. The minimum absolute atomic E-state index is 0.0600. The Morgan fingerprint density at radius 1 is 1.03 bits per heavy atom. The SMILES string of the molecule is O=C(NCCN1CCOCC1)[C@@H]1CN(S(=O)(=O)Cc2ccccc2)c2ccccc2O1. The first-order valence-corrected chi connectivity index (χ1v) is 12.0. The predicted octanol–water partition coefficient (Wildman–Crippen LogP) is 1.23. The normalized spacial score (nSPS) is 19.4. The van der Waals surface area contributed by atoms with Crippen molar-refractivity contribution in [3.05, 3.63) is 60.2 Å². The van der Waals surface area contributed by atoms with Gasteiger partial charge in [-0.3, -0.25) is 14.0 Å². The average Bonchev–Trinajstić information content (AvgIpc) is 2.79. The number of hydrogen-bond donors (Lipinski definition) is 1. The lowest BCUT2D eigenvalue weighted by atomic mass is 10.2. The molecule has 4 rings (SSSR count). The van der Waals surface area contributed by atoms with Crippen LogP contribution in [0, 0.1) is 0 Å². The summed E-state index contributed by atoms with van der Waals surface area (Å²) in [6.07, 6.45) is -0.912. The van der Waals surface area contributed by atoms with Gasteiger partial charge in [0.15, 0.2) is 6.10 Å². The summed E-state index contributed by atoms with van der Waals surface area (Å²) in [4.78, 5) is 15.0. The van der Waals surface area contributed by atoms with Crippen molar-refractivity contribution in [3.63, 3.8) is 0 Å². The van der Waals surface area contributed by atoms with E-state index in [0.717, 1.165) is 13.1 Å². The maximum absolute atomic E-state index is 13.2. The first-order chi connectivity index (χ1) is 15.0. The lowest BCUT2D eigenvalue weighted by Crippen LogP contribution is -2.52. The van der Waals surface area contributed by atoms with Crippen LogP contribution >= 0.6 is 0 Å². The number of carbonyl (C=O) groups excluding carboxylic acids is 1. The standard InChI is InChI=1S/C22H27N3O5S/c26-22(23-10-11-24-12-14-29-15-13-24)21-16-25(19-8-4-5-9-20(19)30-21)31(27,28)17-18-6-2-1-3-7-18/h1-9,21H,10-17H2,(H,23,26)/t21-/m0/s1. The minimum atomic E-state index is -3.70. The molecular weight excluding hydrogens is 418 g/mol. The summed E-state index contributed by atoms with van der Waals surface area (Å²) >= 11 is 0. The Balaban J connectivity index is 1.45. The zero-order valence-corrected chi connectivity index (χ0v) is 18.1. The largest absolute Gasteiger partial charge is 0.476 e. The van der Waals surface area contributed by atoms with Gasteiger partial charge in [0.2, 0.25) is 10.0 Å². The van der Waals surface area contributed by atoms with Crippen molar-refractivity contribution < 1.29 is 22.7 Å². The molecule has 9 heteroatoms. The summed E-state index contributed by atoms with van der Waals surface area (Å²) in [6, 6.07) is 15.9. The van der Waals surface area contributed by atoms with E-state index in [1.165, 1.54) is 4.31 Å². The van der Waals surface area contributed by atoms with Gasteiger partial charge in [-0.05, 0) is 17.7 Å². The van der Waals surface area contributed by atoms with E-state index in [0.29, 0.717) is 43.3 Å². The Hall–Kier alpha value is -2.62. The number of fused-ring (bicyclic) bond motifs is 1. The molecule has 0 bridgehead atoms. The van der Waals surface area contributed by atoms with Crippen LogP contribution in [0.4, 0.5) is 5.69 Å². The molecule has 0 aromatic heterocycles. The maximum Gasteiger partial charge on any atom is 0.263 e. The number of morpholine rings is 1. The van der Waals surface area contributed by atoms with Crippen molar-refractivity contribution in [3.8, 4) is 5.75 Å². The number of carbonyl (C=O) groups is 1. The number of nitrogens with one attached hydrogen (secondary N) is 1. The van der Waals surface area contributed by atoms with Gasteiger partial charge in [0.1, 0.15) is 5.75 Å². The molecule has 0 radical (unpaired) electrons. The van der Waals surface area contributed by atoms with Crippen LogP contribution in [0.3, 0.4) is 0 Å². The van der Waals surface area contributed by atoms with Gasteiger partial charge in [-0.25, -0.2) is 8.42 Å². The molecule has 166 valence electrons. The maximum atomic E-state index is 13.2. The molecule has 2 heterocycles. The molecule has 1 saturated heterocycles. The highest BCUT2D eigenvalue weighted by atomic mass is 32.2. The lowest BCUT2D eigenvalue weighted by molar-refractivity contribution is -0.127. The van der Waals surface area contributed by atoms with Crippen LogP contribution in [0.15, 0.2) is 54.6 Å². The molecule has 1 amide bonds. The molecule has 0 aliphatic carbocycles. The van der Waals surface area contributed by atoms with Crippen LogP contribution in [0.5, 0.6) is 5.75 Å². The van der Waals surface area contributed by atoms with Crippen molar-refractivity contribution in [2.24, 2.45) is 0 Å². The molecule has 0 unspecified atom stereocenters. The lowest BCUT2D eigenvalue weighted by Gasteiger charge is -2.35. The molecule has 2 aromatic carbocycles. The second-order valence-electron chi connectivity index (χ2n) is 7.59. The Labute approximate surface area is 182 Å². The molecule has 2 aromatic rings. The number of rotatable bonds is 7. The number of sulfonamides is 1. The second kappa shape index (κ2) is 9.67. The summed E-state index contributed by atoms with van der Waals surface area (Å²) < 4.78 is 38.9. The average molecular weight is 446 g/mol. The summed E-state index contributed by atoms with van der Waals surface area (Å²) in [7, 11) is -3.70. The Kier molecular flexibility index (Phi) is 6.74. The molecule has 2 aliphatic rings.